The molecule has 0 N–H and O–H groups in total. The molecule has 0 aliphatic rings. The van der Waals surface area contributed by atoms with Crippen molar-refractivity contribution in [3.05, 3.63) is 255 Å². The average molecular weight is 879 g/mol. The van der Waals surface area contributed by atoms with Crippen LogP contribution in [0.25, 0.3) is 128 Å². The first kappa shape index (κ1) is 40.1. The van der Waals surface area contributed by atoms with Gasteiger partial charge in [-0.2, -0.15) is 0 Å². The Morgan fingerprint density at radius 1 is 0.232 bits per heavy atom. The van der Waals surface area contributed by atoms with Crippen LogP contribution in [0.3, 0.4) is 0 Å². The maximum absolute atomic E-state index is 5.57. The highest BCUT2D eigenvalue weighted by Gasteiger charge is 2.32. The smallest absolute Gasteiger partial charge is 0.165 e. The summed E-state index contributed by atoms with van der Waals surface area (Å²) in [5, 5.41) is 7.14. The standard InChI is InChI=1S/C65H42N4/c1-7-23-43(24-8-1)57-59(45-27-11-3-12-28-45)62(69-55-41-51-37-21-19-35-49(51)39-53(55)54-40-50-36-20-22-38-52(50)42-56(54)69)60(46-29-13-4-14-30-46)58(44-25-9-2-10-26-44)61(57)65-67-63(47-31-15-5-16-32-47)66-64(68-65)48-33-17-6-18-34-48/h1-42H. The first-order valence-electron chi connectivity index (χ1n) is 23.4. The summed E-state index contributed by atoms with van der Waals surface area (Å²) in [5.41, 5.74) is 14.5. The Bertz CT molecular complexity index is 3770. The Labute approximate surface area is 400 Å². The van der Waals surface area contributed by atoms with Crippen LogP contribution in [-0.4, -0.2) is 19.5 Å². The van der Waals surface area contributed by atoms with Crippen molar-refractivity contribution in [1.82, 2.24) is 19.5 Å². The second-order valence-electron chi connectivity index (χ2n) is 17.5. The van der Waals surface area contributed by atoms with Gasteiger partial charge in [-0.1, -0.05) is 231 Å². The maximum atomic E-state index is 5.57. The second kappa shape index (κ2) is 16.9. The fourth-order valence-electron chi connectivity index (χ4n) is 10.3. The van der Waals surface area contributed by atoms with E-state index in [1.54, 1.807) is 0 Å². The summed E-state index contributed by atoms with van der Waals surface area (Å²) >= 11 is 0. The first-order chi connectivity index (χ1) is 34.2. The third-order valence-corrected chi connectivity index (χ3v) is 13.4. The van der Waals surface area contributed by atoms with E-state index in [0.717, 1.165) is 77.9 Å². The number of hydrogen-bond donors (Lipinski definition) is 0. The largest absolute Gasteiger partial charge is 0.308 e. The van der Waals surface area contributed by atoms with Crippen molar-refractivity contribution in [2.45, 2.75) is 0 Å². The molecular formula is C65H42N4. The minimum atomic E-state index is 0.584. The van der Waals surface area contributed by atoms with E-state index in [1.807, 2.05) is 36.4 Å². The van der Waals surface area contributed by atoms with Crippen LogP contribution < -0.4 is 0 Å². The fourth-order valence-corrected chi connectivity index (χ4v) is 10.3. The van der Waals surface area contributed by atoms with Crippen molar-refractivity contribution in [2.24, 2.45) is 0 Å². The lowest BCUT2D eigenvalue weighted by atomic mass is 9.79. The van der Waals surface area contributed by atoms with Crippen LogP contribution in [0.5, 0.6) is 0 Å². The molecule has 0 saturated heterocycles. The van der Waals surface area contributed by atoms with Crippen molar-refractivity contribution in [3.8, 4) is 84.4 Å². The summed E-state index contributed by atoms with van der Waals surface area (Å²) in [7, 11) is 0. The Hall–Kier alpha value is -9.25. The maximum Gasteiger partial charge on any atom is 0.165 e. The van der Waals surface area contributed by atoms with Gasteiger partial charge < -0.3 is 4.57 Å². The predicted octanol–water partition coefficient (Wildman–Crippen LogP) is 16.9. The number of benzene rings is 11. The molecule has 322 valence electrons. The normalized spacial score (nSPS) is 11.5. The zero-order valence-corrected chi connectivity index (χ0v) is 37.5. The van der Waals surface area contributed by atoms with Crippen LogP contribution in [0.4, 0.5) is 0 Å². The molecule has 11 aromatic carbocycles. The molecule has 0 spiro atoms. The van der Waals surface area contributed by atoms with Crippen LogP contribution in [-0.2, 0) is 0 Å². The lowest BCUT2D eigenvalue weighted by molar-refractivity contribution is 1.07. The van der Waals surface area contributed by atoms with E-state index in [0.29, 0.717) is 17.5 Å². The summed E-state index contributed by atoms with van der Waals surface area (Å²) in [6.45, 7) is 0. The molecule has 13 aromatic rings. The molecule has 2 aromatic heterocycles. The molecule has 4 nitrogen and oxygen atoms in total. The van der Waals surface area contributed by atoms with Gasteiger partial charge in [0.05, 0.1) is 16.7 Å². The van der Waals surface area contributed by atoms with Crippen molar-refractivity contribution in [2.75, 3.05) is 0 Å². The molecule has 2 heterocycles. The molecule has 0 unspecified atom stereocenters. The van der Waals surface area contributed by atoms with Crippen LogP contribution in [0, 0.1) is 0 Å². The Kier molecular flexibility index (Phi) is 9.80. The molecule has 0 amide bonds. The van der Waals surface area contributed by atoms with E-state index in [9.17, 15) is 0 Å². The highest BCUT2D eigenvalue weighted by molar-refractivity contribution is 6.19. The van der Waals surface area contributed by atoms with Crippen molar-refractivity contribution in [1.29, 1.82) is 0 Å². The molecule has 0 fully saturated rings. The highest BCUT2D eigenvalue weighted by Crippen LogP contribution is 2.55. The number of nitrogens with zero attached hydrogens (tertiary/aromatic N) is 4. The molecule has 4 heteroatoms. The minimum absolute atomic E-state index is 0.584. The van der Waals surface area contributed by atoms with Gasteiger partial charge in [0.15, 0.2) is 17.5 Å². The number of rotatable bonds is 8. The van der Waals surface area contributed by atoms with Gasteiger partial charge in [-0.3, -0.25) is 0 Å². The van der Waals surface area contributed by atoms with Crippen LogP contribution in [0.1, 0.15) is 0 Å². The lowest BCUT2D eigenvalue weighted by Crippen LogP contribution is -2.09. The Morgan fingerprint density at radius 2 is 0.507 bits per heavy atom. The van der Waals surface area contributed by atoms with Crippen molar-refractivity contribution < 1.29 is 0 Å². The van der Waals surface area contributed by atoms with Gasteiger partial charge >= 0.3 is 0 Å². The van der Waals surface area contributed by atoms with Crippen molar-refractivity contribution in [3.63, 3.8) is 0 Å². The van der Waals surface area contributed by atoms with Crippen LogP contribution >= 0.6 is 0 Å². The summed E-state index contributed by atoms with van der Waals surface area (Å²) in [5.74, 6) is 1.79. The van der Waals surface area contributed by atoms with Gasteiger partial charge in [-0.25, -0.2) is 15.0 Å². The molecule has 0 atom stereocenters. The van der Waals surface area contributed by atoms with E-state index in [-0.39, 0.29) is 0 Å². The summed E-state index contributed by atoms with van der Waals surface area (Å²) in [6.07, 6.45) is 0. The first-order valence-corrected chi connectivity index (χ1v) is 23.4. The van der Waals surface area contributed by atoms with Gasteiger partial charge in [-0.05, 0) is 68.1 Å². The zero-order chi connectivity index (χ0) is 45.7. The highest BCUT2D eigenvalue weighted by atomic mass is 15.0. The third-order valence-electron chi connectivity index (χ3n) is 13.4. The number of fused-ring (bicyclic) bond motifs is 5. The molecule has 0 aliphatic carbocycles. The fraction of sp³-hybridized carbons (Fsp3) is 0. The van der Waals surface area contributed by atoms with E-state index in [1.165, 1.54) is 32.3 Å². The summed E-state index contributed by atoms with van der Waals surface area (Å²) in [4.78, 5) is 16.4. The zero-order valence-electron chi connectivity index (χ0n) is 37.5. The predicted molar refractivity (Wildman–Crippen MR) is 287 cm³/mol. The van der Waals surface area contributed by atoms with Crippen LogP contribution in [0.2, 0.25) is 0 Å². The lowest BCUT2D eigenvalue weighted by Gasteiger charge is -2.29. The van der Waals surface area contributed by atoms with Gasteiger partial charge in [0, 0.05) is 49.7 Å². The van der Waals surface area contributed by atoms with Gasteiger partial charge in [0.2, 0.25) is 0 Å². The second-order valence-corrected chi connectivity index (χ2v) is 17.5. The van der Waals surface area contributed by atoms with E-state index in [2.05, 4.69) is 223 Å². The molecule has 13 rings (SSSR count). The van der Waals surface area contributed by atoms with Gasteiger partial charge in [0.25, 0.3) is 0 Å². The summed E-state index contributed by atoms with van der Waals surface area (Å²) < 4.78 is 2.56. The number of hydrogen-bond acceptors (Lipinski definition) is 3. The van der Waals surface area contributed by atoms with E-state index < -0.39 is 0 Å². The quantitative estimate of drug-likeness (QED) is 0.153. The van der Waals surface area contributed by atoms with Crippen LogP contribution in [0.15, 0.2) is 255 Å². The minimum Gasteiger partial charge on any atom is -0.308 e. The van der Waals surface area contributed by atoms with Gasteiger partial charge in [0.1, 0.15) is 0 Å². The van der Waals surface area contributed by atoms with Crippen molar-refractivity contribution >= 4 is 43.4 Å². The Balaban J connectivity index is 1.32. The topological polar surface area (TPSA) is 43.6 Å². The van der Waals surface area contributed by atoms with Gasteiger partial charge in [-0.15, -0.1) is 0 Å². The molecule has 0 aliphatic heterocycles. The summed E-state index contributed by atoms with van der Waals surface area (Å²) in [6, 6.07) is 91.0. The molecule has 0 saturated carbocycles. The van der Waals surface area contributed by atoms with E-state index in [4.69, 9.17) is 15.0 Å². The molecule has 69 heavy (non-hydrogen) atoms. The molecular weight excluding hydrogens is 837 g/mol. The Morgan fingerprint density at radius 3 is 0.855 bits per heavy atom. The molecule has 0 bridgehead atoms. The number of aromatic nitrogens is 4. The molecule has 0 radical (unpaired) electrons. The monoisotopic (exact) mass is 878 g/mol. The van der Waals surface area contributed by atoms with E-state index >= 15 is 0 Å². The third kappa shape index (κ3) is 6.97. The average Bonchev–Trinajstić information content (AvgIpc) is 3.73. The SMILES string of the molecule is c1ccc(-c2nc(-c3ccccc3)nc(-c3c(-c4ccccc4)c(-c4ccccc4)c(-n4c5cc6ccccc6cc5c5cc6ccccc6cc54)c(-c4ccccc4)c3-c3ccccc3)n2)cc1.